The summed E-state index contributed by atoms with van der Waals surface area (Å²) in [6.45, 7) is 2.09. The van der Waals surface area contributed by atoms with Gasteiger partial charge in [0.25, 0.3) is 0 Å². The van der Waals surface area contributed by atoms with Crippen molar-refractivity contribution in [3.8, 4) is 0 Å². The quantitative estimate of drug-likeness (QED) is 0.765. The second-order valence-corrected chi connectivity index (χ2v) is 7.22. The summed E-state index contributed by atoms with van der Waals surface area (Å²) in [5, 5.41) is 4.39. The third-order valence-corrected chi connectivity index (χ3v) is 5.12. The summed E-state index contributed by atoms with van der Waals surface area (Å²) in [5.74, 6) is 0.889. The molecule has 0 atom stereocenters. The van der Waals surface area contributed by atoms with Gasteiger partial charge in [-0.05, 0) is 63.5 Å². The maximum atomic E-state index is 4.39. The van der Waals surface area contributed by atoms with Crippen LogP contribution in [-0.4, -0.2) is 32.3 Å². The number of aromatic nitrogens is 3. The fourth-order valence-corrected chi connectivity index (χ4v) is 3.98. The molecule has 0 saturated heterocycles. The molecule has 3 rings (SSSR count). The van der Waals surface area contributed by atoms with E-state index in [4.69, 9.17) is 0 Å². The Balaban J connectivity index is 1.62. The number of hydrogen-bond donors (Lipinski definition) is 0. The number of hydrogen-bond acceptors (Lipinski definition) is 3. The number of rotatable bonds is 5. The molecule has 2 saturated carbocycles. The van der Waals surface area contributed by atoms with Gasteiger partial charge in [0.05, 0.1) is 6.67 Å². The Bertz CT molecular complexity index is 424. The predicted octanol–water partition coefficient (Wildman–Crippen LogP) is 3.81. The third kappa shape index (κ3) is 3.79. The van der Waals surface area contributed by atoms with Crippen LogP contribution in [-0.2, 0) is 6.67 Å². The Morgan fingerprint density at radius 3 is 2.42 bits per heavy atom. The van der Waals surface area contributed by atoms with Gasteiger partial charge in [-0.15, -0.1) is 5.10 Å². The van der Waals surface area contributed by atoms with Gasteiger partial charge in [0, 0.05) is 12.6 Å². The van der Waals surface area contributed by atoms with Crippen molar-refractivity contribution in [1.29, 1.82) is 0 Å². The fourth-order valence-electron chi connectivity index (χ4n) is 3.02. The van der Waals surface area contributed by atoms with Crippen molar-refractivity contribution in [2.75, 3.05) is 6.54 Å². The topological polar surface area (TPSA) is 34.0 Å². The molecule has 1 aromatic heterocycles. The maximum Gasteiger partial charge on any atom is 0.218 e. The van der Waals surface area contributed by atoms with Gasteiger partial charge in [-0.25, -0.2) is 4.68 Å². The first-order chi connectivity index (χ1) is 9.22. The molecule has 0 N–H and O–H groups in total. The monoisotopic (exact) mass is 390 g/mol. The van der Waals surface area contributed by atoms with Crippen LogP contribution in [0.1, 0.15) is 44.9 Å². The van der Waals surface area contributed by atoms with Gasteiger partial charge < -0.3 is 0 Å². The van der Waals surface area contributed by atoms with Crippen LogP contribution in [0.25, 0.3) is 0 Å². The summed E-state index contributed by atoms with van der Waals surface area (Å²) in [4.78, 5) is 6.85. The lowest BCUT2D eigenvalue weighted by molar-refractivity contribution is 0.147. The van der Waals surface area contributed by atoms with Crippen molar-refractivity contribution < 1.29 is 0 Å². The molecule has 0 radical (unpaired) electrons. The molecular weight excluding hydrogens is 372 g/mol. The first kappa shape index (κ1) is 14.0. The highest BCUT2D eigenvalue weighted by Crippen LogP contribution is 2.32. The molecule has 6 heteroatoms. The molecule has 4 nitrogen and oxygen atoms in total. The highest BCUT2D eigenvalue weighted by atomic mass is 79.9. The van der Waals surface area contributed by atoms with E-state index in [0.717, 1.165) is 23.4 Å². The van der Waals surface area contributed by atoms with E-state index in [-0.39, 0.29) is 0 Å². The van der Waals surface area contributed by atoms with E-state index in [2.05, 4.69) is 46.8 Å². The zero-order valence-electron chi connectivity index (χ0n) is 11.1. The zero-order valence-corrected chi connectivity index (χ0v) is 14.2. The van der Waals surface area contributed by atoms with Gasteiger partial charge in [-0.2, -0.15) is 4.98 Å². The van der Waals surface area contributed by atoms with Crippen LogP contribution in [0.5, 0.6) is 0 Å². The van der Waals surface area contributed by atoms with Crippen LogP contribution in [0, 0.1) is 5.92 Å². The molecule has 0 unspecified atom stereocenters. The fraction of sp³-hybridized carbons (Fsp3) is 0.846. The van der Waals surface area contributed by atoms with Gasteiger partial charge >= 0.3 is 0 Å². The molecule has 0 aliphatic heterocycles. The smallest absolute Gasteiger partial charge is 0.218 e. The minimum absolute atomic E-state index is 0.660. The van der Waals surface area contributed by atoms with Gasteiger partial charge in [0.1, 0.15) is 0 Å². The number of halogens is 2. The van der Waals surface area contributed by atoms with Crippen LogP contribution in [0.2, 0.25) is 0 Å². The van der Waals surface area contributed by atoms with Gasteiger partial charge in [0.15, 0.2) is 4.73 Å². The number of nitrogens with zero attached hydrogens (tertiary/aromatic N) is 4. The predicted molar refractivity (Wildman–Crippen MR) is 81.7 cm³/mol. The van der Waals surface area contributed by atoms with Crippen molar-refractivity contribution in [3.05, 3.63) is 9.47 Å². The Kier molecular flexibility index (Phi) is 4.59. The van der Waals surface area contributed by atoms with E-state index in [9.17, 15) is 0 Å². The van der Waals surface area contributed by atoms with E-state index >= 15 is 0 Å². The molecule has 1 heterocycles. The van der Waals surface area contributed by atoms with Gasteiger partial charge in [-0.1, -0.05) is 19.3 Å². The van der Waals surface area contributed by atoms with E-state index < -0.39 is 0 Å². The Morgan fingerprint density at radius 2 is 1.84 bits per heavy atom. The van der Waals surface area contributed by atoms with Crippen LogP contribution < -0.4 is 0 Å². The Labute approximate surface area is 131 Å². The first-order valence-corrected chi connectivity index (χ1v) is 8.81. The van der Waals surface area contributed by atoms with Crippen molar-refractivity contribution in [1.82, 2.24) is 19.7 Å². The van der Waals surface area contributed by atoms with E-state index in [0.29, 0.717) is 4.73 Å². The SMILES string of the molecule is Brc1nc(Br)n(CN(CC2CCCCC2)C2CC2)n1. The van der Waals surface area contributed by atoms with Crippen LogP contribution in [0.4, 0.5) is 0 Å². The molecule has 2 aliphatic carbocycles. The van der Waals surface area contributed by atoms with Crippen molar-refractivity contribution in [2.24, 2.45) is 5.92 Å². The maximum absolute atomic E-state index is 4.39. The molecule has 0 aromatic carbocycles. The Hall–Kier alpha value is 0.0600. The molecule has 19 heavy (non-hydrogen) atoms. The first-order valence-electron chi connectivity index (χ1n) is 7.22. The van der Waals surface area contributed by atoms with Crippen LogP contribution in [0.15, 0.2) is 9.47 Å². The summed E-state index contributed by atoms with van der Waals surface area (Å²) < 4.78 is 3.42. The van der Waals surface area contributed by atoms with Crippen LogP contribution >= 0.6 is 31.9 Å². The van der Waals surface area contributed by atoms with Gasteiger partial charge in [0.2, 0.25) is 4.73 Å². The van der Waals surface area contributed by atoms with Crippen molar-refractivity contribution in [2.45, 2.75) is 57.7 Å². The molecule has 2 aliphatic rings. The van der Waals surface area contributed by atoms with E-state index in [1.165, 1.54) is 51.5 Å². The second-order valence-electron chi connectivity index (χ2n) is 5.80. The Morgan fingerprint density at radius 1 is 1.11 bits per heavy atom. The molecule has 0 amide bonds. The average Bonchev–Trinajstić information content (AvgIpc) is 3.18. The summed E-state index contributed by atoms with van der Waals surface area (Å²) in [7, 11) is 0. The molecule has 0 spiro atoms. The standard InChI is InChI=1S/C13H20Br2N4/c14-12-16-13(15)19(17-12)9-18(11-6-7-11)8-10-4-2-1-3-5-10/h10-11H,1-9H2. The van der Waals surface area contributed by atoms with E-state index in [1.54, 1.807) is 0 Å². The summed E-state index contributed by atoms with van der Waals surface area (Å²) in [6, 6.07) is 0.775. The third-order valence-electron chi connectivity index (χ3n) is 4.20. The lowest BCUT2D eigenvalue weighted by Gasteiger charge is -2.29. The molecule has 2 fully saturated rings. The molecule has 1 aromatic rings. The lowest BCUT2D eigenvalue weighted by Crippen LogP contribution is -2.34. The summed E-state index contributed by atoms with van der Waals surface area (Å²) in [6.07, 6.45) is 9.78. The van der Waals surface area contributed by atoms with Gasteiger partial charge in [-0.3, -0.25) is 4.90 Å². The summed E-state index contributed by atoms with van der Waals surface area (Å²) in [5.41, 5.74) is 0. The molecule has 0 bridgehead atoms. The second kappa shape index (κ2) is 6.22. The zero-order chi connectivity index (χ0) is 13.2. The summed E-state index contributed by atoms with van der Waals surface area (Å²) >= 11 is 6.81. The molecule has 106 valence electrons. The molecular formula is C13H20Br2N4. The van der Waals surface area contributed by atoms with Crippen LogP contribution in [0.3, 0.4) is 0 Å². The minimum atomic E-state index is 0.660. The normalized spacial score (nSPS) is 21.2. The van der Waals surface area contributed by atoms with Crippen molar-refractivity contribution >= 4 is 31.9 Å². The average molecular weight is 392 g/mol. The minimum Gasteiger partial charge on any atom is -0.281 e. The van der Waals surface area contributed by atoms with Crippen molar-refractivity contribution in [3.63, 3.8) is 0 Å². The van der Waals surface area contributed by atoms with E-state index in [1.807, 2.05) is 4.68 Å². The highest BCUT2D eigenvalue weighted by molar-refractivity contribution is 9.11. The highest BCUT2D eigenvalue weighted by Gasteiger charge is 2.31. The largest absolute Gasteiger partial charge is 0.281 e. The lowest BCUT2D eigenvalue weighted by atomic mass is 9.89.